The highest BCUT2D eigenvalue weighted by Gasteiger charge is 2.21. The van der Waals surface area contributed by atoms with Gasteiger partial charge in [0.1, 0.15) is 21.9 Å². The van der Waals surface area contributed by atoms with Gasteiger partial charge in [-0.3, -0.25) is 9.59 Å². The Kier molecular flexibility index (Phi) is 8.21. The number of hydrogen-bond acceptors (Lipinski definition) is 7. The van der Waals surface area contributed by atoms with E-state index in [9.17, 15) is 9.59 Å². The minimum absolute atomic E-state index is 0. The van der Waals surface area contributed by atoms with Crippen LogP contribution in [0.5, 0.6) is 11.5 Å². The minimum atomic E-state index is -0.687. The fourth-order valence-electron chi connectivity index (χ4n) is 2.52. The molecule has 1 unspecified atom stereocenters. The third kappa shape index (κ3) is 6.30. The molecule has 2 aromatic carbocycles. The van der Waals surface area contributed by atoms with Gasteiger partial charge in [0.05, 0.1) is 12.0 Å². The Hall–Kier alpha value is -2.39. The standard InChI is InChI=1S/C20H18N2O4S2.ClH/c1-25-19(24)16(21)10-12-2-6-14(7-3-12)26-15-8-4-13(5-9-15)11-17-18(23)22-20(27)28-17;/h2-9,11,16H,10,21H2,1H3,(H,22,23,27);1H/b17-11-;. The summed E-state index contributed by atoms with van der Waals surface area (Å²) in [4.78, 5) is 23.7. The Morgan fingerprint density at radius 3 is 2.28 bits per heavy atom. The zero-order valence-electron chi connectivity index (χ0n) is 15.4. The van der Waals surface area contributed by atoms with Crippen LogP contribution >= 0.6 is 36.4 Å². The van der Waals surface area contributed by atoms with Crippen molar-refractivity contribution < 1.29 is 19.1 Å². The Morgan fingerprint density at radius 1 is 1.17 bits per heavy atom. The number of amides is 1. The summed E-state index contributed by atoms with van der Waals surface area (Å²) < 4.78 is 10.9. The molecule has 0 radical (unpaired) electrons. The zero-order valence-corrected chi connectivity index (χ0v) is 17.9. The number of methoxy groups -OCH3 is 1. The number of carbonyl (C=O) groups is 2. The van der Waals surface area contributed by atoms with Crippen molar-refractivity contribution in [2.24, 2.45) is 5.73 Å². The number of rotatable bonds is 6. The van der Waals surface area contributed by atoms with Crippen LogP contribution in [-0.4, -0.2) is 29.3 Å². The Bertz CT molecular complexity index is 931. The quantitative estimate of drug-likeness (QED) is 0.395. The highest BCUT2D eigenvalue weighted by atomic mass is 35.5. The highest BCUT2D eigenvalue weighted by Crippen LogP contribution is 2.27. The van der Waals surface area contributed by atoms with Crippen LogP contribution in [0.15, 0.2) is 53.4 Å². The van der Waals surface area contributed by atoms with E-state index in [2.05, 4.69) is 10.1 Å². The molecular formula is C20H19ClN2O4S2. The van der Waals surface area contributed by atoms with Crippen molar-refractivity contribution in [1.82, 2.24) is 5.32 Å². The summed E-state index contributed by atoms with van der Waals surface area (Å²) in [6.45, 7) is 0. The molecule has 29 heavy (non-hydrogen) atoms. The molecule has 1 heterocycles. The van der Waals surface area contributed by atoms with E-state index >= 15 is 0 Å². The summed E-state index contributed by atoms with van der Waals surface area (Å²) in [7, 11) is 1.32. The van der Waals surface area contributed by atoms with Crippen molar-refractivity contribution in [3.05, 3.63) is 64.6 Å². The maximum atomic E-state index is 11.7. The smallest absolute Gasteiger partial charge is 0.322 e. The molecule has 2 aromatic rings. The first-order valence-electron chi connectivity index (χ1n) is 8.40. The number of nitrogens with two attached hydrogens (primary N) is 1. The lowest BCUT2D eigenvalue weighted by atomic mass is 10.1. The van der Waals surface area contributed by atoms with Gasteiger partial charge in [-0.15, -0.1) is 12.4 Å². The second kappa shape index (κ2) is 10.4. The van der Waals surface area contributed by atoms with E-state index < -0.39 is 12.0 Å². The number of ether oxygens (including phenoxy) is 2. The van der Waals surface area contributed by atoms with Crippen LogP contribution in [0.2, 0.25) is 0 Å². The van der Waals surface area contributed by atoms with Gasteiger partial charge in [-0.05, 0) is 47.9 Å². The van der Waals surface area contributed by atoms with Crippen molar-refractivity contribution in [3.8, 4) is 11.5 Å². The molecular weight excluding hydrogens is 432 g/mol. The van der Waals surface area contributed by atoms with Gasteiger partial charge >= 0.3 is 5.97 Å². The van der Waals surface area contributed by atoms with Crippen LogP contribution < -0.4 is 15.8 Å². The van der Waals surface area contributed by atoms with Crippen molar-refractivity contribution in [3.63, 3.8) is 0 Å². The van der Waals surface area contributed by atoms with Gasteiger partial charge in [-0.2, -0.15) is 0 Å². The Morgan fingerprint density at radius 2 is 1.76 bits per heavy atom. The molecule has 1 saturated heterocycles. The van der Waals surface area contributed by atoms with Crippen LogP contribution in [0.3, 0.4) is 0 Å². The molecule has 0 aromatic heterocycles. The molecule has 0 saturated carbocycles. The minimum Gasteiger partial charge on any atom is -0.468 e. The predicted molar refractivity (Wildman–Crippen MR) is 120 cm³/mol. The zero-order chi connectivity index (χ0) is 20.1. The van der Waals surface area contributed by atoms with E-state index in [0.29, 0.717) is 27.1 Å². The largest absolute Gasteiger partial charge is 0.468 e. The predicted octanol–water partition coefficient (Wildman–Crippen LogP) is 3.43. The molecule has 6 nitrogen and oxygen atoms in total. The number of thiocarbonyl (C=S) groups is 1. The molecule has 3 N–H and O–H groups in total. The molecule has 1 aliphatic heterocycles. The van der Waals surface area contributed by atoms with Crippen LogP contribution in [0.1, 0.15) is 11.1 Å². The third-order valence-corrected chi connectivity index (χ3v) is 5.10. The van der Waals surface area contributed by atoms with Crippen molar-refractivity contribution in [1.29, 1.82) is 0 Å². The van der Waals surface area contributed by atoms with Gasteiger partial charge < -0.3 is 20.5 Å². The lowest BCUT2D eigenvalue weighted by Gasteiger charge is -2.10. The Labute approximate surface area is 184 Å². The molecule has 1 aliphatic rings. The van der Waals surface area contributed by atoms with Crippen LogP contribution in [-0.2, 0) is 20.7 Å². The molecule has 0 bridgehead atoms. The number of halogens is 1. The van der Waals surface area contributed by atoms with Gasteiger partial charge in [-0.25, -0.2) is 0 Å². The lowest BCUT2D eigenvalue weighted by molar-refractivity contribution is -0.142. The SMILES string of the molecule is COC(=O)C(N)Cc1ccc(Oc2ccc(/C=C3\SC(=S)NC3=O)cc2)cc1.Cl. The molecule has 0 aliphatic carbocycles. The van der Waals surface area contributed by atoms with Gasteiger partial charge in [0.15, 0.2) is 0 Å². The highest BCUT2D eigenvalue weighted by molar-refractivity contribution is 8.26. The van der Waals surface area contributed by atoms with Gasteiger partial charge in [0, 0.05) is 0 Å². The average molecular weight is 451 g/mol. The third-order valence-electron chi connectivity index (χ3n) is 3.94. The molecule has 1 amide bonds. The molecule has 3 rings (SSSR count). The summed E-state index contributed by atoms with van der Waals surface area (Å²) in [5, 5.41) is 2.59. The molecule has 1 fully saturated rings. The summed E-state index contributed by atoms with van der Waals surface area (Å²) in [6, 6.07) is 14.0. The number of esters is 1. The lowest BCUT2D eigenvalue weighted by Crippen LogP contribution is -2.33. The summed E-state index contributed by atoms with van der Waals surface area (Å²) in [5.41, 5.74) is 7.56. The normalized spacial score (nSPS) is 15.4. The number of hydrogen-bond donors (Lipinski definition) is 2. The summed E-state index contributed by atoms with van der Waals surface area (Å²) in [5.74, 6) is 0.714. The fraction of sp³-hybridized carbons (Fsp3) is 0.150. The molecule has 0 spiro atoms. The number of thioether (sulfide) groups is 1. The maximum absolute atomic E-state index is 11.7. The average Bonchev–Trinajstić information content (AvgIpc) is 3.01. The van der Waals surface area contributed by atoms with E-state index in [1.54, 1.807) is 6.08 Å². The topological polar surface area (TPSA) is 90.7 Å². The first-order valence-corrected chi connectivity index (χ1v) is 9.62. The number of nitrogens with one attached hydrogen (secondary N) is 1. The monoisotopic (exact) mass is 450 g/mol. The van der Waals surface area contributed by atoms with Crippen molar-refractivity contribution in [2.45, 2.75) is 12.5 Å². The first kappa shape index (κ1) is 22.9. The van der Waals surface area contributed by atoms with Gasteiger partial charge in [0.25, 0.3) is 5.91 Å². The Balaban J connectivity index is 0.00000300. The van der Waals surface area contributed by atoms with Crippen molar-refractivity contribution in [2.75, 3.05) is 7.11 Å². The van der Waals surface area contributed by atoms with E-state index in [0.717, 1.165) is 11.1 Å². The van der Waals surface area contributed by atoms with E-state index in [1.165, 1.54) is 18.9 Å². The number of carbonyl (C=O) groups excluding carboxylic acids is 2. The van der Waals surface area contributed by atoms with E-state index in [1.807, 2.05) is 48.5 Å². The number of benzene rings is 2. The molecule has 152 valence electrons. The van der Waals surface area contributed by atoms with E-state index in [4.69, 9.17) is 22.7 Å². The molecule has 9 heteroatoms. The molecule has 1 atom stereocenters. The maximum Gasteiger partial charge on any atom is 0.322 e. The van der Waals surface area contributed by atoms with Crippen LogP contribution in [0.25, 0.3) is 6.08 Å². The summed E-state index contributed by atoms with van der Waals surface area (Å²) in [6.07, 6.45) is 2.17. The van der Waals surface area contributed by atoms with Gasteiger partial charge in [0.2, 0.25) is 0 Å². The van der Waals surface area contributed by atoms with Gasteiger partial charge in [-0.1, -0.05) is 48.2 Å². The second-order valence-electron chi connectivity index (χ2n) is 6.00. The van der Waals surface area contributed by atoms with Crippen molar-refractivity contribution >= 4 is 58.7 Å². The van der Waals surface area contributed by atoms with Crippen LogP contribution in [0, 0.1) is 0 Å². The van der Waals surface area contributed by atoms with E-state index in [-0.39, 0.29) is 18.3 Å². The summed E-state index contributed by atoms with van der Waals surface area (Å²) >= 11 is 6.22. The van der Waals surface area contributed by atoms with Crippen LogP contribution in [0.4, 0.5) is 0 Å². The first-order chi connectivity index (χ1) is 13.4. The fourth-order valence-corrected chi connectivity index (χ4v) is 3.57. The second-order valence-corrected chi connectivity index (χ2v) is 7.72.